The molecule has 0 heterocycles. The molecule has 0 saturated carbocycles. The number of nitrogens with zero attached hydrogens (tertiary/aromatic N) is 1. The van der Waals surface area contributed by atoms with Crippen LogP contribution in [0.1, 0.15) is 26.7 Å². The Labute approximate surface area is 107 Å². The van der Waals surface area contributed by atoms with E-state index in [1.54, 1.807) is 13.8 Å². The third-order valence-electron chi connectivity index (χ3n) is 2.75. The molecule has 0 aromatic rings. The standard InChI is InChI=1S/C10H21F3N2O2S/c1-5-8(6-2)14-9(10(11,12)13)7-18(16,17)15(3)4/h8-9,14H,5-7H2,1-4H3. The highest BCUT2D eigenvalue weighted by Crippen LogP contribution is 2.23. The van der Waals surface area contributed by atoms with E-state index in [4.69, 9.17) is 0 Å². The van der Waals surface area contributed by atoms with Crippen molar-refractivity contribution in [1.82, 2.24) is 9.62 Å². The van der Waals surface area contributed by atoms with Gasteiger partial charge in [0.25, 0.3) is 0 Å². The number of halogens is 3. The van der Waals surface area contributed by atoms with Gasteiger partial charge in [0, 0.05) is 20.1 Å². The lowest BCUT2D eigenvalue weighted by Gasteiger charge is -2.27. The molecule has 0 aromatic carbocycles. The van der Waals surface area contributed by atoms with E-state index in [9.17, 15) is 21.6 Å². The molecule has 0 amide bonds. The molecule has 0 saturated heterocycles. The summed E-state index contributed by atoms with van der Waals surface area (Å²) in [5.74, 6) is -0.972. The number of hydrogen-bond acceptors (Lipinski definition) is 3. The second-order valence-electron chi connectivity index (χ2n) is 4.34. The number of hydrogen-bond donors (Lipinski definition) is 1. The van der Waals surface area contributed by atoms with Gasteiger partial charge in [-0.15, -0.1) is 0 Å². The van der Waals surface area contributed by atoms with E-state index in [0.717, 1.165) is 4.31 Å². The van der Waals surface area contributed by atoms with E-state index in [2.05, 4.69) is 5.32 Å². The van der Waals surface area contributed by atoms with Crippen molar-refractivity contribution in [2.75, 3.05) is 19.8 Å². The Morgan fingerprint density at radius 2 is 1.61 bits per heavy atom. The molecule has 0 rings (SSSR count). The van der Waals surface area contributed by atoms with Crippen LogP contribution in [0.25, 0.3) is 0 Å². The van der Waals surface area contributed by atoms with E-state index >= 15 is 0 Å². The molecule has 0 radical (unpaired) electrons. The van der Waals surface area contributed by atoms with Crippen molar-refractivity contribution in [3.05, 3.63) is 0 Å². The predicted molar refractivity (Wildman–Crippen MR) is 64.8 cm³/mol. The topological polar surface area (TPSA) is 49.4 Å². The summed E-state index contributed by atoms with van der Waals surface area (Å²) in [7, 11) is -1.45. The molecular weight excluding hydrogens is 269 g/mol. The van der Waals surface area contributed by atoms with Crippen LogP contribution in [0, 0.1) is 0 Å². The molecule has 1 N–H and O–H groups in total. The van der Waals surface area contributed by atoms with E-state index in [1.807, 2.05) is 0 Å². The normalized spacial score (nSPS) is 15.4. The summed E-state index contributed by atoms with van der Waals surface area (Å²) in [5.41, 5.74) is 0. The van der Waals surface area contributed by atoms with Gasteiger partial charge in [0.05, 0.1) is 5.75 Å². The molecule has 4 nitrogen and oxygen atoms in total. The average molecular weight is 290 g/mol. The van der Waals surface area contributed by atoms with Crippen LogP contribution in [0.5, 0.6) is 0 Å². The minimum Gasteiger partial charge on any atom is -0.302 e. The van der Waals surface area contributed by atoms with Gasteiger partial charge >= 0.3 is 6.18 Å². The van der Waals surface area contributed by atoms with Crippen molar-refractivity contribution < 1.29 is 21.6 Å². The van der Waals surface area contributed by atoms with E-state index < -0.39 is 28.0 Å². The number of sulfonamides is 1. The zero-order valence-corrected chi connectivity index (χ0v) is 11.9. The molecule has 0 spiro atoms. The fraction of sp³-hybridized carbons (Fsp3) is 1.00. The molecule has 0 aliphatic carbocycles. The molecule has 1 atom stereocenters. The van der Waals surface area contributed by atoms with Crippen LogP contribution in [0.3, 0.4) is 0 Å². The van der Waals surface area contributed by atoms with Crippen LogP contribution in [0.4, 0.5) is 13.2 Å². The highest BCUT2D eigenvalue weighted by atomic mass is 32.2. The zero-order chi connectivity index (χ0) is 14.6. The van der Waals surface area contributed by atoms with Crippen molar-refractivity contribution in [3.63, 3.8) is 0 Å². The maximum atomic E-state index is 12.8. The minimum atomic E-state index is -4.58. The Kier molecular flexibility index (Phi) is 6.59. The first-order chi connectivity index (χ1) is 8.04. The summed E-state index contributed by atoms with van der Waals surface area (Å²) >= 11 is 0. The van der Waals surface area contributed by atoms with Gasteiger partial charge in [-0.2, -0.15) is 13.2 Å². The second-order valence-corrected chi connectivity index (χ2v) is 6.56. The summed E-state index contributed by atoms with van der Waals surface area (Å²) in [5, 5.41) is 2.37. The first kappa shape index (κ1) is 17.7. The summed E-state index contributed by atoms with van der Waals surface area (Å²) in [6, 6.07) is -2.37. The molecule has 0 aliphatic heterocycles. The molecule has 0 bridgehead atoms. The zero-order valence-electron chi connectivity index (χ0n) is 11.1. The Morgan fingerprint density at radius 1 is 1.17 bits per heavy atom. The molecule has 8 heteroatoms. The van der Waals surface area contributed by atoms with Crippen LogP contribution in [0.15, 0.2) is 0 Å². The second kappa shape index (κ2) is 6.72. The summed E-state index contributed by atoms with van der Waals surface area (Å²) in [6.07, 6.45) is -3.54. The van der Waals surface area contributed by atoms with Gasteiger partial charge in [0.1, 0.15) is 6.04 Å². The van der Waals surface area contributed by atoms with Gasteiger partial charge in [-0.1, -0.05) is 13.8 Å². The van der Waals surface area contributed by atoms with E-state index in [0.29, 0.717) is 12.8 Å². The van der Waals surface area contributed by atoms with Crippen LogP contribution < -0.4 is 5.32 Å². The third-order valence-corrected chi connectivity index (χ3v) is 4.62. The fourth-order valence-corrected chi connectivity index (χ4v) is 2.41. The Hall–Kier alpha value is -0.340. The molecule has 1 unspecified atom stereocenters. The van der Waals surface area contributed by atoms with Crippen LogP contribution in [0.2, 0.25) is 0 Å². The van der Waals surface area contributed by atoms with Crippen LogP contribution in [-0.2, 0) is 10.0 Å². The van der Waals surface area contributed by atoms with E-state index in [1.165, 1.54) is 14.1 Å². The number of nitrogens with one attached hydrogen (secondary N) is 1. The molecule has 110 valence electrons. The fourth-order valence-electron chi connectivity index (χ4n) is 1.41. The van der Waals surface area contributed by atoms with Gasteiger partial charge in [-0.3, -0.25) is 0 Å². The lowest BCUT2D eigenvalue weighted by molar-refractivity contribution is -0.152. The first-order valence-electron chi connectivity index (χ1n) is 5.77. The van der Waals surface area contributed by atoms with Crippen molar-refractivity contribution in [3.8, 4) is 0 Å². The Balaban J connectivity index is 4.93. The summed E-state index contributed by atoms with van der Waals surface area (Å²) in [4.78, 5) is 0. The quantitative estimate of drug-likeness (QED) is 0.774. The van der Waals surface area contributed by atoms with Crippen LogP contribution in [-0.4, -0.2) is 50.8 Å². The molecule has 0 aromatic heterocycles. The molecular formula is C10H21F3N2O2S. The highest BCUT2D eigenvalue weighted by molar-refractivity contribution is 7.89. The summed E-state index contributed by atoms with van der Waals surface area (Å²) in [6.45, 7) is 3.52. The summed E-state index contributed by atoms with van der Waals surface area (Å²) < 4.78 is 62.3. The van der Waals surface area contributed by atoms with Crippen molar-refractivity contribution >= 4 is 10.0 Å². The lowest BCUT2D eigenvalue weighted by Crippen LogP contribution is -2.52. The molecule has 0 fully saturated rings. The maximum absolute atomic E-state index is 12.8. The number of alkyl halides is 3. The highest BCUT2D eigenvalue weighted by Gasteiger charge is 2.43. The molecule has 0 aliphatic rings. The lowest BCUT2D eigenvalue weighted by atomic mass is 10.1. The smallest absolute Gasteiger partial charge is 0.302 e. The third kappa shape index (κ3) is 5.53. The van der Waals surface area contributed by atoms with Crippen molar-refractivity contribution in [2.45, 2.75) is 44.9 Å². The van der Waals surface area contributed by atoms with E-state index in [-0.39, 0.29) is 6.04 Å². The van der Waals surface area contributed by atoms with Crippen molar-refractivity contribution in [1.29, 1.82) is 0 Å². The van der Waals surface area contributed by atoms with Gasteiger partial charge < -0.3 is 5.32 Å². The van der Waals surface area contributed by atoms with Gasteiger partial charge in [-0.05, 0) is 12.8 Å². The monoisotopic (exact) mass is 290 g/mol. The Bertz CT molecular complexity index is 338. The Morgan fingerprint density at radius 3 is 1.89 bits per heavy atom. The maximum Gasteiger partial charge on any atom is 0.404 e. The first-order valence-corrected chi connectivity index (χ1v) is 7.38. The SMILES string of the molecule is CCC(CC)NC(CS(=O)(=O)N(C)C)C(F)(F)F. The molecule has 18 heavy (non-hydrogen) atoms. The average Bonchev–Trinajstić information content (AvgIpc) is 2.22. The van der Waals surface area contributed by atoms with Crippen LogP contribution >= 0.6 is 0 Å². The number of rotatable bonds is 7. The van der Waals surface area contributed by atoms with Crippen molar-refractivity contribution in [2.24, 2.45) is 0 Å². The van der Waals surface area contributed by atoms with Gasteiger partial charge in [0.2, 0.25) is 10.0 Å². The van der Waals surface area contributed by atoms with Gasteiger partial charge in [0.15, 0.2) is 0 Å². The van der Waals surface area contributed by atoms with Gasteiger partial charge in [-0.25, -0.2) is 12.7 Å². The minimum absolute atomic E-state index is 0.339. The largest absolute Gasteiger partial charge is 0.404 e. The predicted octanol–water partition coefficient (Wildman–Crippen LogP) is 1.59.